The number of hydrogen-bond acceptors (Lipinski definition) is 4. The Labute approximate surface area is 115 Å². The highest BCUT2D eigenvalue weighted by atomic mass is 32.1. The number of aliphatic carboxylic acids is 1. The van der Waals surface area contributed by atoms with Crippen LogP contribution >= 0.6 is 11.3 Å². The SMILES string of the molecule is CCOc1ccccc1-c1nc(C)c(CC(=O)O)s1. The number of carboxylic acid groups (broad SMARTS) is 1. The summed E-state index contributed by atoms with van der Waals surface area (Å²) >= 11 is 1.41. The van der Waals surface area contributed by atoms with Crippen LogP contribution in [0.15, 0.2) is 24.3 Å². The van der Waals surface area contributed by atoms with Crippen molar-refractivity contribution in [3.05, 3.63) is 34.8 Å². The van der Waals surface area contributed by atoms with Crippen molar-refractivity contribution in [2.75, 3.05) is 6.61 Å². The Hall–Kier alpha value is -1.88. The first-order chi connectivity index (χ1) is 9.11. The molecule has 0 aliphatic carbocycles. The van der Waals surface area contributed by atoms with E-state index in [0.717, 1.165) is 26.9 Å². The van der Waals surface area contributed by atoms with Crippen molar-refractivity contribution in [1.29, 1.82) is 0 Å². The molecule has 0 radical (unpaired) electrons. The smallest absolute Gasteiger partial charge is 0.308 e. The van der Waals surface area contributed by atoms with Crippen molar-refractivity contribution < 1.29 is 14.6 Å². The van der Waals surface area contributed by atoms with E-state index >= 15 is 0 Å². The monoisotopic (exact) mass is 277 g/mol. The number of rotatable bonds is 5. The van der Waals surface area contributed by atoms with Crippen LogP contribution in [0.5, 0.6) is 5.75 Å². The quantitative estimate of drug-likeness (QED) is 0.912. The van der Waals surface area contributed by atoms with Crippen LogP contribution in [-0.2, 0) is 11.2 Å². The van der Waals surface area contributed by atoms with Crippen LogP contribution in [0.1, 0.15) is 17.5 Å². The van der Waals surface area contributed by atoms with E-state index in [0.29, 0.717) is 6.61 Å². The Bertz CT molecular complexity index is 592. The normalized spacial score (nSPS) is 10.4. The largest absolute Gasteiger partial charge is 0.493 e. The number of hydrogen-bond donors (Lipinski definition) is 1. The van der Waals surface area contributed by atoms with Gasteiger partial charge in [0.25, 0.3) is 0 Å². The summed E-state index contributed by atoms with van der Waals surface area (Å²) in [4.78, 5) is 16.0. The molecule has 2 rings (SSSR count). The van der Waals surface area contributed by atoms with Crippen molar-refractivity contribution in [2.24, 2.45) is 0 Å². The second kappa shape index (κ2) is 5.84. The van der Waals surface area contributed by atoms with Gasteiger partial charge in [-0.25, -0.2) is 4.98 Å². The number of carbonyl (C=O) groups is 1. The molecule has 5 heteroatoms. The lowest BCUT2D eigenvalue weighted by molar-refractivity contribution is -0.136. The molecule has 1 aromatic carbocycles. The van der Waals surface area contributed by atoms with Crippen LogP contribution in [0, 0.1) is 6.92 Å². The van der Waals surface area contributed by atoms with Crippen LogP contribution in [-0.4, -0.2) is 22.7 Å². The minimum atomic E-state index is -0.837. The fourth-order valence-electron chi connectivity index (χ4n) is 1.77. The van der Waals surface area contributed by atoms with E-state index in [9.17, 15) is 4.79 Å². The maximum atomic E-state index is 10.8. The number of aryl methyl sites for hydroxylation is 1. The third kappa shape index (κ3) is 3.12. The highest BCUT2D eigenvalue weighted by Gasteiger charge is 2.14. The third-order valence-corrected chi connectivity index (χ3v) is 3.81. The summed E-state index contributed by atoms with van der Waals surface area (Å²) in [5, 5.41) is 9.67. The molecular formula is C14H15NO3S. The molecular weight excluding hydrogens is 262 g/mol. The van der Waals surface area contributed by atoms with E-state index < -0.39 is 5.97 Å². The molecule has 0 aliphatic rings. The van der Waals surface area contributed by atoms with Gasteiger partial charge in [0.05, 0.1) is 24.3 Å². The van der Waals surface area contributed by atoms with Gasteiger partial charge < -0.3 is 9.84 Å². The summed E-state index contributed by atoms with van der Waals surface area (Å²) in [5.41, 5.74) is 1.68. The number of thiazole rings is 1. The first-order valence-corrected chi connectivity index (χ1v) is 6.83. The van der Waals surface area contributed by atoms with E-state index in [4.69, 9.17) is 9.84 Å². The molecule has 4 nitrogen and oxygen atoms in total. The first kappa shape index (κ1) is 13.5. The van der Waals surface area contributed by atoms with E-state index in [1.54, 1.807) is 0 Å². The standard InChI is InChI=1S/C14H15NO3S/c1-3-18-11-7-5-4-6-10(11)14-15-9(2)12(19-14)8-13(16)17/h4-7H,3,8H2,1-2H3,(H,16,17). The molecule has 0 atom stereocenters. The molecule has 0 saturated carbocycles. The number of nitrogens with zero attached hydrogens (tertiary/aromatic N) is 1. The van der Waals surface area contributed by atoms with Crippen LogP contribution in [0.3, 0.4) is 0 Å². The molecule has 100 valence electrons. The molecule has 0 unspecified atom stereocenters. The fraction of sp³-hybridized carbons (Fsp3) is 0.286. The van der Waals surface area contributed by atoms with Crippen molar-refractivity contribution in [3.8, 4) is 16.3 Å². The van der Waals surface area contributed by atoms with Gasteiger partial charge in [-0.3, -0.25) is 4.79 Å². The molecule has 0 bridgehead atoms. The highest BCUT2D eigenvalue weighted by Crippen LogP contribution is 2.34. The molecule has 1 aromatic heterocycles. The maximum Gasteiger partial charge on any atom is 0.308 e. The molecule has 0 spiro atoms. The average molecular weight is 277 g/mol. The zero-order valence-corrected chi connectivity index (χ0v) is 11.7. The zero-order chi connectivity index (χ0) is 13.8. The van der Waals surface area contributed by atoms with Gasteiger partial charge in [0.2, 0.25) is 0 Å². The lowest BCUT2D eigenvalue weighted by Crippen LogP contribution is -1.99. The minimum absolute atomic E-state index is 0.0142. The second-order valence-corrected chi connectivity index (χ2v) is 5.11. The molecule has 0 aliphatic heterocycles. The number of para-hydroxylation sites is 1. The van der Waals surface area contributed by atoms with E-state index in [1.165, 1.54) is 11.3 Å². The average Bonchev–Trinajstić information content (AvgIpc) is 2.71. The summed E-state index contributed by atoms with van der Waals surface area (Å²) < 4.78 is 5.57. The van der Waals surface area contributed by atoms with Crippen LogP contribution in [0.4, 0.5) is 0 Å². The van der Waals surface area contributed by atoms with E-state index in [1.807, 2.05) is 38.1 Å². The lowest BCUT2D eigenvalue weighted by atomic mass is 10.2. The van der Waals surface area contributed by atoms with Crippen LogP contribution < -0.4 is 4.74 Å². The van der Waals surface area contributed by atoms with Crippen molar-refractivity contribution in [1.82, 2.24) is 4.98 Å². The van der Waals surface area contributed by atoms with Gasteiger partial charge in [-0.05, 0) is 26.0 Å². The van der Waals surface area contributed by atoms with Crippen molar-refractivity contribution in [3.63, 3.8) is 0 Å². The highest BCUT2D eigenvalue weighted by molar-refractivity contribution is 7.15. The van der Waals surface area contributed by atoms with Gasteiger partial charge >= 0.3 is 5.97 Å². The van der Waals surface area contributed by atoms with Gasteiger partial charge in [0.15, 0.2) is 0 Å². The Morgan fingerprint density at radius 2 is 2.16 bits per heavy atom. The van der Waals surface area contributed by atoms with Gasteiger partial charge in [-0.2, -0.15) is 0 Å². The maximum absolute atomic E-state index is 10.8. The Morgan fingerprint density at radius 3 is 2.84 bits per heavy atom. The summed E-state index contributed by atoms with van der Waals surface area (Å²) in [7, 11) is 0. The molecule has 0 saturated heterocycles. The van der Waals surface area contributed by atoms with Crippen molar-refractivity contribution in [2.45, 2.75) is 20.3 Å². The van der Waals surface area contributed by atoms with Crippen LogP contribution in [0.2, 0.25) is 0 Å². The summed E-state index contributed by atoms with van der Waals surface area (Å²) in [6.45, 7) is 4.35. The summed E-state index contributed by atoms with van der Waals surface area (Å²) in [6.07, 6.45) is 0.0142. The number of carboxylic acids is 1. The minimum Gasteiger partial charge on any atom is -0.493 e. The predicted molar refractivity (Wildman–Crippen MR) is 74.8 cm³/mol. The topological polar surface area (TPSA) is 59.4 Å². The third-order valence-electron chi connectivity index (χ3n) is 2.62. The van der Waals surface area contributed by atoms with E-state index in [2.05, 4.69) is 4.98 Å². The van der Waals surface area contributed by atoms with Gasteiger partial charge in [-0.15, -0.1) is 11.3 Å². The number of benzene rings is 1. The van der Waals surface area contributed by atoms with E-state index in [-0.39, 0.29) is 6.42 Å². The number of aromatic nitrogens is 1. The fourth-order valence-corrected chi connectivity index (χ4v) is 2.85. The molecule has 1 heterocycles. The van der Waals surface area contributed by atoms with Crippen LogP contribution in [0.25, 0.3) is 10.6 Å². The summed E-state index contributed by atoms with van der Waals surface area (Å²) in [5.74, 6) is -0.0583. The zero-order valence-electron chi connectivity index (χ0n) is 10.8. The second-order valence-electron chi connectivity index (χ2n) is 4.03. The lowest BCUT2D eigenvalue weighted by Gasteiger charge is -2.07. The molecule has 0 amide bonds. The first-order valence-electron chi connectivity index (χ1n) is 6.02. The number of ether oxygens (including phenoxy) is 1. The Morgan fingerprint density at radius 1 is 1.42 bits per heavy atom. The van der Waals surface area contributed by atoms with Gasteiger partial charge in [0.1, 0.15) is 10.8 Å². The molecule has 2 aromatic rings. The summed E-state index contributed by atoms with van der Waals surface area (Å²) in [6, 6.07) is 7.67. The van der Waals surface area contributed by atoms with Gasteiger partial charge in [0, 0.05) is 4.88 Å². The molecule has 19 heavy (non-hydrogen) atoms. The van der Waals surface area contributed by atoms with Crippen molar-refractivity contribution >= 4 is 17.3 Å². The molecule has 1 N–H and O–H groups in total. The Kier molecular flexibility index (Phi) is 4.16. The van der Waals surface area contributed by atoms with Gasteiger partial charge in [-0.1, -0.05) is 12.1 Å². The Balaban J connectivity index is 2.39. The predicted octanol–water partition coefficient (Wildman–Crippen LogP) is 3.14. The molecule has 0 fully saturated rings.